The van der Waals surface area contributed by atoms with Crippen LogP contribution in [-0.2, 0) is 11.3 Å². The molecule has 0 spiro atoms. The van der Waals surface area contributed by atoms with Crippen molar-refractivity contribution in [1.82, 2.24) is 10.2 Å². The lowest BCUT2D eigenvalue weighted by Crippen LogP contribution is -2.56. The lowest BCUT2D eigenvalue weighted by atomic mass is 9.72. The molecule has 3 nitrogen and oxygen atoms in total. The van der Waals surface area contributed by atoms with Gasteiger partial charge in [-0.25, -0.2) is 0 Å². The number of nitrogens with one attached hydrogen (secondary N) is 1. The third-order valence-electron chi connectivity index (χ3n) is 4.20. The molecule has 3 heteroatoms. The SMILES string of the molecule is CNC(=O)C12CC(CN1Cc1ccccc1)C2. The van der Waals surface area contributed by atoms with E-state index < -0.39 is 0 Å². The largest absolute Gasteiger partial charge is 0.358 e. The summed E-state index contributed by atoms with van der Waals surface area (Å²) in [5.74, 6) is 0.929. The van der Waals surface area contributed by atoms with Crippen LogP contribution in [0.2, 0.25) is 0 Å². The summed E-state index contributed by atoms with van der Waals surface area (Å²) in [6.07, 6.45) is 2.08. The average Bonchev–Trinajstić information content (AvgIpc) is 2.83. The summed E-state index contributed by atoms with van der Waals surface area (Å²) in [5.41, 5.74) is 1.10. The van der Waals surface area contributed by atoms with Crippen molar-refractivity contribution in [2.45, 2.75) is 24.9 Å². The van der Waals surface area contributed by atoms with Gasteiger partial charge in [-0.1, -0.05) is 30.3 Å². The Morgan fingerprint density at radius 2 is 2.12 bits per heavy atom. The van der Waals surface area contributed by atoms with Gasteiger partial charge in [0.1, 0.15) is 5.54 Å². The first-order chi connectivity index (χ1) is 8.24. The highest BCUT2D eigenvalue weighted by atomic mass is 16.2. The number of likely N-dealkylation sites (N-methyl/N-ethyl adjacent to an activating group) is 1. The van der Waals surface area contributed by atoms with E-state index in [1.165, 1.54) is 5.56 Å². The van der Waals surface area contributed by atoms with Crippen LogP contribution in [0, 0.1) is 5.92 Å². The fourth-order valence-corrected chi connectivity index (χ4v) is 3.35. The number of fused-ring (bicyclic) bond motifs is 1. The van der Waals surface area contributed by atoms with E-state index in [0.29, 0.717) is 0 Å². The van der Waals surface area contributed by atoms with Crippen molar-refractivity contribution in [2.75, 3.05) is 13.6 Å². The maximum atomic E-state index is 12.0. The molecule has 1 aromatic rings. The van der Waals surface area contributed by atoms with Gasteiger partial charge in [-0.3, -0.25) is 9.69 Å². The van der Waals surface area contributed by atoms with Crippen LogP contribution in [0.25, 0.3) is 0 Å². The lowest BCUT2D eigenvalue weighted by molar-refractivity contribution is -0.134. The number of amides is 1. The highest BCUT2D eigenvalue weighted by Crippen LogP contribution is 2.51. The van der Waals surface area contributed by atoms with E-state index in [2.05, 4.69) is 34.5 Å². The van der Waals surface area contributed by atoms with Crippen molar-refractivity contribution in [3.05, 3.63) is 35.9 Å². The second kappa shape index (κ2) is 3.84. The summed E-state index contributed by atoms with van der Waals surface area (Å²) in [6, 6.07) is 10.4. The van der Waals surface area contributed by atoms with Crippen LogP contribution in [0.5, 0.6) is 0 Å². The van der Waals surface area contributed by atoms with Crippen molar-refractivity contribution in [1.29, 1.82) is 0 Å². The topological polar surface area (TPSA) is 32.3 Å². The van der Waals surface area contributed by atoms with E-state index in [-0.39, 0.29) is 11.4 Å². The Kier molecular flexibility index (Phi) is 2.44. The zero-order valence-corrected chi connectivity index (χ0v) is 10.1. The Morgan fingerprint density at radius 3 is 2.76 bits per heavy atom. The summed E-state index contributed by atoms with van der Waals surface area (Å²) in [5, 5.41) is 2.82. The molecule has 2 bridgehead atoms. The Bertz CT molecular complexity index is 423. The Labute approximate surface area is 102 Å². The molecule has 0 radical (unpaired) electrons. The average molecular weight is 230 g/mol. The van der Waals surface area contributed by atoms with Gasteiger partial charge in [0.25, 0.3) is 0 Å². The molecule has 1 amide bonds. The minimum absolute atomic E-state index is 0.196. The molecule has 1 aliphatic carbocycles. The van der Waals surface area contributed by atoms with E-state index in [4.69, 9.17) is 0 Å². The first-order valence-electron chi connectivity index (χ1n) is 6.26. The van der Waals surface area contributed by atoms with Crippen LogP contribution in [0.1, 0.15) is 18.4 Å². The number of hydrogen-bond donors (Lipinski definition) is 1. The third kappa shape index (κ3) is 1.57. The van der Waals surface area contributed by atoms with Crippen molar-refractivity contribution in [3.8, 4) is 0 Å². The molecule has 90 valence electrons. The van der Waals surface area contributed by atoms with Crippen molar-refractivity contribution < 1.29 is 4.79 Å². The van der Waals surface area contributed by atoms with Gasteiger partial charge >= 0.3 is 0 Å². The van der Waals surface area contributed by atoms with E-state index in [0.717, 1.165) is 31.8 Å². The molecule has 1 saturated carbocycles. The molecule has 0 unspecified atom stereocenters. The number of hydrogen-bond acceptors (Lipinski definition) is 2. The predicted octanol–water partition coefficient (Wildman–Crippen LogP) is 1.40. The molecule has 1 N–H and O–H groups in total. The Balaban J connectivity index is 1.78. The van der Waals surface area contributed by atoms with Gasteiger partial charge in [0, 0.05) is 20.1 Å². The van der Waals surface area contributed by atoms with E-state index in [1.807, 2.05) is 6.07 Å². The molecule has 1 aromatic carbocycles. The standard InChI is InChI=1S/C14H18N2O/c1-15-13(17)14-7-12(8-14)10-16(14)9-11-5-3-2-4-6-11/h2-6,12H,7-10H2,1H3,(H,15,17). The molecular weight excluding hydrogens is 212 g/mol. The summed E-state index contributed by atoms with van der Waals surface area (Å²) in [4.78, 5) is 14.4. The first kappa shape index (κ1) is 10.8. The smallest absolute Gasteiger partial charge is 0.240 e. The van der Waals surface area contributed by atoms with E-state index >= 15 is 0 Å². The molecule has 17 heavy (non-hydrogen) atoms. The highest BCUT2D eigenvalue weighted by molar-refractivity contribution is 5.88. The van der Waals surface area contributed by atoms with Crippen LogP contribution in [-0.4, -0.2) is 29.9 Å². The van der Waals surface area contributed by atoms with Crippen molar-refractivity contribution in [3.63, 3.8) is 0 Å². The van der Waals surface area contributed by atoms with Crippen LogP contribution in [0.4, 0.5) is 0 Å². The van der Waals surface area contributed by atoms with Crippen LogP contribution in [0.15, 0.2) is 30.3 Å². The molecule has 3 fully saturated rings. The maximum absolute atomic E-state index is 12.0. The second-order valence-corrected chi connectivity index (χ2v) is 5.25. The zero-order valence-electron chi connectivity index (χ0n) is 10.1. The third-order valence-corrected chi connectivity index (χ3v) is 4.20. The maximum Gasteiger partial charge on any atom is 0.240 e. The number of carbonyl (C=O) groups excluding carboxylic acids is 1. The van der Waals surface area contributed by atoms with Gasteiger partial charge < -0.3 is 5.32 Å². The number of benzene rings is 1. The molecule has 4 rings (SSSR count). The fourth-order valence-electron chi connectivity index (χ4n) is 3.35. The van der Waals surface area contributed by atoms with Gasteiger partial charge in [0.15, 0.2) is 0 Å². The van der Waals surface area contributed by atoms with Crippen molar-refractivity contribution >= 4 is 5.91 Å². The summed E-state index contributed by atoms with van der Waals surface area (Å²) in [7, 11) is 1.74. The number of carbonyl (C=O) groups is 1. The minimum atomic E-state index is -0.199. The van der Waals surface area contributed by atoms with Gasteiger partial charge in [0.05, 0.1) is 0 Å². The lowest BCUT2D eigenvalue weighted by Gasteiger charge is -2.40. The molecule has 0 aromatic heterocycles. The second-order valence-electron chi connectivity index (χ2n) is 5.25. The monoisotopic (exact) mass is 230 g/mol. The predicted molar refractivity (Wildman–Crippen MR) is 66.4 cm³/mol. The van der Waals surface area contributed by atoms with Crippen LogP contribution in [0.3, 0.4) is 0 Å². The summed E-state index contributed by atoms with van der Waals surface area (Å²) >= 11 is 0. The minimum Gasteiger partial charge on any atom is -0.358 e. The molecule has 3 aliphatic rings. The summed E-state index contributed by atoms with van der Waals surface area (Å²) < 4.78 is 0. The van der Waals surface area contributed by atoms with Crippen LogP contribution >= 0.6 is 0 Å². The Hall–Kier alpha value is -1.35. The normalized spacial score (nSPS) is 31.0. The molecule has 0 atom stereocenters. The molecule has 2 heterocycles. The van der Waals surface area contributed by atoms with E-state index in [9.17, 15) is 4.79 Å². The molecular formula is C14H18N2O. The Morgan fingerprint density at radius 1 is 1.41 bits per heavy atom. The van der Waals surface area contributed by atoms with Gasteiger partial charge in [-0.15, -0.1) is 0 Å². The molecule has 2 aliphatic heterocycles. The van der Waals surface area contributed by atoms with Gasteiger partial charge in [-0.2, -0.15) is 0 Å². The van der Waals surface area contributed by atoms with Gasteiger partial charge in [-0.05, 0) is 24.3 Å². The van der Waals surface area contributed by atoms with Crippen LogP contribution < -0.4 is 5.32 Å². The van der Waals surface area contributed by atoms with Crippen molar-refractivity contribution in [2.24, 2.45) is 5.92 Å². The summed E-state index contributed by atoms with van der Waals surface area (Å²) in [6.45, 7) is 1.97. The fraction of sp³-hybridized carbons (Fsp3) is 0.500. The number of rotatable bonds is 3. The quantitative estimate of drug-likeness (QED) is 0.851. The number of nitrogens with zero attached hydrogens (tertiary/aromatic N) is 1. The highest BCUT2D eigenvalue weighted by Gasteiger charge is 2.60. The van der Waals surface area contributed by atoms with E-state index in [1.54, 1.807) is 7.05 Å². The van der Waals surface area contributed by atoms with Gasteiger partial charge in [0.2, 0.25) is 5.91 Å². The zero-order chi connectivity index (χ0) is 11.9. The molecule has 2 saturated heterocycles. The first-order valence-corrected chi connectivity index (χ1v) is 6.26.